The molecule has 2 aromatic rings. The maximum Gasteiger partial charge on any atom is 0.341 e. The van der Waals surface area contributed by atoms with Crippen molar-refractivity contribution < 1.29 is 14.6 Å². The Balaban J connectivity index is 2.16. The van der Waals surface area contributed by atoms with Gasteiger partial charge in [0.2, 0.25) is 0 Å². The predicted octanol–water partition coefficient (Wildman–Crippen LogP) is 2.86. The van der Waals surface area contributed by atoms with E-state index in [2.05, 4.69) is 23.9 Å². The van der Waals surface area contributed by atoms with Crippen LogP contribution in [0.5, 0.6) is 5.75 Å². The molecule has 0 unspecified atom stereocenters. The number of nitrogens with zero attached hydrogens (tertiary/aromatic N) is 3. The standard InChI is InChI=1S/C14H16ClN3O3/c1-9(2)6-18-12(16-8-17-18)7-21-11-5-3-4-10(15)13(11)14(19)20/h3-5,8-9H,6-7H2,1-2H3,(H,19,20). The fraction of sp³-hybridized carbons (Fsp3) is 0.357. The van der Waals surface area contributed by atoms with E-state index in [0.717, 1.165) is 6.54 Å². The van der Waals surface area contributed by atoms with Gasteiger partial charge in [-0.25, -0.2) is 14.5 Å². The number of aromatic carboxylic acids is 1. The fourth-order valence-electron chi connectivity index (χ4n) is 1.87. The van der Waals surface area contributed by atoms with Crippen LogP contribution in [0.2, 0.25) is 5.02 Å². The second-order valence-electron chi connectivity index (χ2n) is 4.96. The van der Waals surface area contributed by atoms with Gasteiger partial charge in [0.05, 0.1) is 5.02 Å². The molecule has 1 N–H and O–H groups in total. The highest BCUT2D eigenvalue weighted by Gasteiger charge is 2.16. The van der Waals surface area contributed by atoms with Crippen molar-refractivity contribution in [3.8, 4) is 5.75 Å². The molecule has 0 aliphatic rings. The summed E-state index contributed by atoms with van der Waals surface area (Å²) in [7, 11) is 0. The number of carbonyl (C=O) groups is 1. The summed E-state index contributed by atoms with van der Waals surface area (Å²) in [5.74, 6) is 0.152. The highest BCUT2D eigenvalue weighted by molar-refractivity contribution is 6.33. The van der Waals surface area contributed by atoms with E-state index in [0.29, 0.717) is 11.7 Å². The maximum absolute atomic E-state index is 11.2. The Morgan fingerprint density at radius 2 is 2.24 bits per heavy atom. The first kappa shape index (κ1) is 15.3. The number of rotatable bonds is 6. The summed E-state index contributed by atoms with van der Waals surface area (Å²) in [5.41, 5.74) is -0.0471. The van der Waals surface area contributed by atoms with Crippen molar-refractivity contribution in [2.75, 3.05) is 0 Å². The molecule has 0 aliphatic heterocycles. The van der Waals surface area contributed by atoms with Gasteiger partial charge in [-0.15, -0.1) is 0 Å². The molecule has 0 aliphatic carbocycles. The minimum Gasteiger partial charge on any atom is -0.485 e. The average molecular weight is 310 g/mol. The molecule has 0 bridgehead atoms. The Morgan fingerprint density at radius 3 is 2.90 bits per heavy atom. The molecule has 1 aromatic heterocycles. The molecule has 0 atom stereocenters. The average Bonchev–Trinajstić information content (AvgIpc) is 2.82. The van der Waals surface area contributed by atoms with Gasteiger partial charge in [-0.05, 0) is 18.1 Å². The van der Waals surface area contributed by atoms with Crippen LogP contribution in [0.15, 0.2) is 24.5 Å². The van der Waals surface area contributed by atoms with Crippen LogP contribution in [0.25, 0.3) is 0 Å². The van der Waals surface area contributed by atoms with Crippen LogP contribution >= 0.6 is 11.6 Å². The SMILES string of the molecule is CC(C)Cn1ncnc1COc1cccc(Cl)c1C(=O)O. The Hall–Kier alpha value is -2.08. The smallest absolute Gasteiger partial charge is 0.341 e. The molecule has 21 heavy (non-hydrogen) atoms. The second kappa shape index (κ2) is 6.58. The van der Waals surface area contributed by atoms with Gasteiger partial charge in [0.25, 0.3) is 0 Å². The summed E-state index contributed by atoms with van der Waals surface area (Å²) in [6.07, 6.45) is 1.46. The number of ether oxygens (including phenoxy) is 1. The van der Waals surface area contributed by atoms with Gasteiger partial charge in [-0.2, -0.15) is 5.10 Å². The number of hydrogen-bond acceptors (Lipinski definition) is 4. The lowest BCUT2D eigenvalue weighted by molar-refractivity contribution is 0.0691. The zero-order chi connectivity index (χ0) is 15.4. The lowest BCUT2D eigenvalue weighted by Gasteiger charge is -2.11. The third-order valence-corrected chi connectivity index (χ3v) is 3.09. The minimum absolute atomic E-state index is 0.0471. The van der Waals surface area contributed by atoms with E-state index in [1.165, 1.54) is 12.4 Å². The third kappa shape index (κ3) is 3.72. The van der Waals surface area contributed by atoms with Crippen molar-refractivity contribution in [2.24, 2.45) is 5.92 Å². The lowest BCUT2D eigenvalue weighted by atomic mass is 10.2. The summed E-state index contributed by atoms with van der Waals surface area (Å²) in [4.78, 5) is 15.3. The number of hydrogen-bond donors (Lipinski definition) is 1. The first-order valence-electron chi connectivity index (χ1n) is 6.50. The highest BCUT2D eigenvalue weighted by atomic mass is 35.5. The van der Waals surface area contributed by atoms with Crippen LogP contribution in [0.4, 0.5) is 0 Å². The summed E-state index contributed by atoms with van der Waals surface area (Å²) >= 11 is 5.89. The Morgan fingerprint density at radius 1 is 1.48 bits per heavy atom. The van der Waals surface area contributed by atoms with Crippen LogP contribution in [-0.4, -0.2) is 25.8 Å². The van der Waals surface area contributed by atoms with Crippen molar-refractivity contribution in [2.45, 2.75) is 27.0 Å². The molecule has 1 aromatic carbocycles. The number of carboxylic acids is 1. The van der Waals surface area contributed by atoms with E-state index in [1.54, 1.807) is 16.8 Å². The third-order valence-electron chi connectivity index (χ3n) is 2.78. The van der Waals surface area contributed by atoms with Gasteiger partial charge in [-0.1, -0.05) is 31.5 Å². The largest absolute Gasteiger partial charge is 0.485 e. The number of carboxylic acid groups (broad SMARTS) is 1. The molecule has 7 heteroatoms. The van der Waals surface area contributed by atoms with Crippen molar-refractivity contribution in [1.82, 2.24) is 14.8 Å². The van der Waals surface area contributed by atoms with Crippen molar-refractivity contribution in [1.29, 1.82) is 0 Å². The molecule has 0 saturated carbocycles. The van der Waals surface area contributed by atoms with Gasteiger partial charge in [0.15, 0.2) is 5.82 Å². The molecule has 2 rings (SSSR count). The number of aromatic nitrogens is 3. The quantitative estimate of drug-likeness (QED) is 0.887. The van der Waals surface area contributed by atoms with E-state index < -0.39 is 5.97 Å². The van der Waals surface area contributed by atoms with Crippen molar-refractivity contribution in [3.63, 3.8) is 0 Å². The Kier molecular flexibility index (Phi) is 4.80. The lowest BCUT2D eigenvalue weighted by Crippen LogP contribution is -2.13. The molecule has 0 amide bonds. The fourth-order valence-corrected chi connectivity index (χ4v) is 2.12. The molecule has 0 spiro atoms. The van der Waals surface area contributed by atoms with Crippen molar-refractivity contribution in [3.05, 3.63) is 40.9 Å². The Bertz CT molecular complexity index is 640. The minimum atomic E-state index is -1.13. The summed E-state index contributed by atoms with van der Waals surface area (Å²) in [6, 6.07) is 4.72. The second-order valence-corrected chi connectivity index (χ2v) is 5.37. The molecule has 0 radical (unpaired) electrons. The van der Waals surface area contributed by atoms with Gasteiger partial charge < -0.3 is 9.84 Å². The van der Waals surface area contributed by atoms with Crippen LogP contribution in [0, 0.1) is 5.92 Å². The monoisotopic (exact) mass is 309 g/mol. The summed E-state index contributed by atoms with van der Waals surface area (Å²) in [6.45, 7) is 5.00. The van der Waals surface area contributed by atoms with Crippen LogP contribution in [-0.2, 0) is 13.2 Å². The molecule has 1 heterocycles. The van der Waals surface area contributed by atoms with E-state index in [1.807, 2.05) is 0 Å². The molecule has 112 valence electrons. The highest BCUT2D eigenvalue weighted by Crippen LogP contribution is 2.26. The topological polar surface area (TPSA) is 77.2 Å². The first-order chi connectivity index (χ1) is 9.99. The first-order valence-corrected chi connectivity index (χ1v) is 6.88. The molecular formula is C14H16ClN3O3. The van der Waals surface area contributed by atoms with Gasteiger partial charge >= 0.3 is 5.97 Å². The van der Waals surface area contributed by atoms with E-state index in [9.17, 15) is 9.90 Å². The van der Waals surface area contributed by atoms with E-state index in [4.69, 9.17) is 16.3 Å². The molecular weight excluding hydrogens is 294 g/mol. The van der Waals surface area contributed by atoms with Gasteiger partial charge in [0, 0.05) is 6.54 Å². The number of halogens is 1. The molecule has 0 saturated heterocycles. The zero-order valence-corrected chi connectivity index (χ0v) is 12.5. The van der Waals surface area contributed by atoms with Gasteiger partial charge in [-0.3, -0.25) is 0 Å². The van der Waals surface area contributed by atoms with Crippen LogP contribution in [0.3, 0.4) is 0 Å². The van der Waals surface area contributed by atoms with Crippen molar-refractivity contribution >= 4 is 17.6 Å². The molecule has 0 fully saturated rings. The normalized spacial score (nSPS) is 10.9. The zero-order valence-electron chi connectivity index (χ0n) is 11.8. The molecule has 6 nitrogen and oxygen atoms in total. The summed E-state index contributed by atoms with van der Waals surface area (Å²) in [5, 5.41) is 13.4. The number of benzene rings is 1. The Labute approximate surface area is 127 Å². The maximum atomic E-state index is 11.2. The van der Waals surface area contributed by atoms with E-state index in [-0.39, 0.29) is 22.9 Å². The van der Waals surface area contributed by atoms with Crippen LogP contribution in [0.1, 0.15) is 30.0 Å². The van der Waals surface area contributed by atoms with Crippen LogP contribution < -0.4 is 4.74 Å². The predicted molar refractivity (Wildman–Crippen MR) is 77.6 cm³/mol. The van der Waals surface area contributed by atoms with Gasteiger partial charge in [0.1, 0.15) is 24.2 Å². The summed E-state index contributed by atoms with van der Waals surface area (Å²) < 4.78 is 7.30. The van der Waals surface area contributed by atoms with E-state index >= 15 is 0 Å².